The fourth-order valence-corrected chi connectivity index (χ4v) is 2.27. The zero-order chi connectivity index (χ0) is 15.6. The Balaban J connectivity index is 2.48. The molecule has 0 amide bonds. The molecular formula is C16H15F4N. The summed E-state index contributed by atoms with van der Waals surface area (Å²) in [6.45, 7) is 2.50. The fourth-order valence-electron chi connectivity index (χ4n) is 2.27. The lowest BCUT2D eigenvalue weighted by atomic mass is 9.96. The Bertz CT molecular complexity index is 647. The van der Waals surface area contributed by atoms with Gasteiger partial charge in [0, 0.05) is 6.54 Å². The average molecular weight is 297 g/mol. The van der Waals surface area contributed by atoms with Gasteiger partial charge in [0.25, 0.3) is 0 Å². The van der Waals surface area contributed by atoms with E-state index in [1.165, 1.54) is 6.07 Å². The van der Waals surface area contributed by atoms with Crippen LogP contribution in [0.3, 0.4) is 0 Å². The summed E-state index contributed by atoms with van der Waals surface area (Å²) in [6, 6.07) is 8.59. The molecule has 0 fully saturated rings. The molecule has 0 bridgehead atoms. The van der Waals surface area contributed by atoms with Crippen molar-refractivity contribution in [2.24, 2.45) is 0 Å². The number of nitrogens with one attached hydrogen (secondary N) is 1. The molecule has 1 N–H and O–H groups in total. The van der Waals surface area contributed by atoms with Gasteiger partial charge in [0.2, 0.25) is 0 Å². The van der Waals surface area contributed by atoms with Crippen molar-refractivity contribution in [1.82, 2.24) is 5.32 Å². The summed E-state index contributed by atoms with van der Waals surface area (Å²) in [7, 11) is 1.82. The van der Waals surface area contributed by atoms with E-state index in [0.29, 0.717) is 17.7 Å². The van der Waals surface area contributed by atoms with Crippen LogP contribution in [0.5, 0.6) is 0 Å². The number of alkyl halides is 3. The Morgan fingerprint density at radius 2 is 1.76 bits per heavy atom. The molecule has 0 aliphatic rings. The molecule has 0 radical (unpaired) electrons. The van der Waals surface area contributed by atoms with Gasteiger partial charge in [-0.15, -0.1) is 0 Å². The van der Waals surface area contributed by atoms with Crippen LogP contribution in [0.2, 0.25) is 0 Å². The highest BCUT2D eigenvalue weighted by atomic mass is 19.4. The number of rotatable bonds is 3. The second-order valence-electron chi connectivity index (χ2n) is 4.87. The maximum absolute atomic E-state index is 13.3. The van der Waals surface area contributed by atoms with Crippen molar-refractivity contribution in [3.63, 3.8) is 0 Å². The zero-order valence-corrected chi connectivity index (χ0v) is 11.7. The van der Waals surface area contributed by atoms with Crippen LogP contribution in [-0.4, -0.2) is 7.05 Å². The van der Waals surface area contributed by atoms with Gasteiger partial charge in [-0.25, -0.2) is 4.39 Å². The number of hydrogen-bond donors (Lipinski definition) is 1. The van der Waals surface area contributed by atoms with Crippen molar-refractivity contribution in [3.8, 4) is 11.1 Å². The Labute approximate surface area is 120 Å². The summed E-state index contributed by atoms with van der Waals surface area (Å²) in [5.41, 5.74) is 1.68. The van der Waals surface area contributed by atoms with Gasteiger partial charge in [-0.1, -0.05) is 24.3 Å². The highest BCUT2D eigenvalue weighted by Crippen LogP contribution is 2.35. The maximum Gasteiger partial charge on any atom is 0.419 e. The van der Waals surface area contributed by atoms with Crippen LogP contribution >= 0.6 is 0 Å². The molecule has 0 heterocycles. The third-order valence-electron chi connectivity index (χ3n) is 3.25. The molecule has 0 spiro atoms. The van der Waals surface area contributed by atoms with Gasteiger partial charge in [-0.3, -0.25) is 0 Å². The van der Waals surface area contributed by atoms with Gasteiger partial charge in [-0.05, 0) is 48.4 Å². The lowest BCUT2D eigenvalue weighted by Gasteiger charge is -2.12. The van der Waals surface area contributed by atoms with E-state index in [4.69, 9.17) is 0 Å². The molecule has 5 heteroatoms. The molecule has 0 saturated heterocycles. The highest BCUT2D eigenvalue weighted by Gasteiger charge is 2.34. The molecule has 1 nitrogen and oxygen atoms in total. The van der Waals surface area contributed by atoms with Gasteiger partial charge in [-0.2, -0.15) is 13.2 Å². The summed E-state index contributed by atoms with van der Waals surface area (Å²) >= 11 is 0. The van der Waals surface area contributed by atoms with Crippen LogP contribution in [-0.2, 0) is 12.7 Å². The summed E-state index contributed by atoms with van der Waals surface area (Å²) in [5.74, 6) is -1.25. The van der Waals surface area contributed by atoms with E-state index in [-0.39, 0.29) is 0 Å². The molecule has 0 aliphatic carbocycles. The average Bonchev–Trinajstić information content (AvgIpc) is 2.39. The maximum atomic E-state index is 13.3. The predicted octanol–water partition coefficient (Wildman–Crippen LogP) is 4.54. The molecule has 0 aliphatic heterocycles. The van der Waals surface area contributed by atoms with E-state index >= 15 is 0 Å². The molecule has 2 rings (SSSR count). The molecule has 0 aromatic heterocycles. The number of benzene rings is 2. The zero-order valence-electron chi connectivity index (χ0n) is 11.7. The van der Waals surface area contributed by atoms with Crippen LogP contribution in [0, 0.1) is 12.7 Å². The van der Waals surface area contributed by atoms with Crippen LogP contribution in [0.4, 0.5) is 17.6 Å². The Kier molecular flexibility index (Phi) is 4.32. The smallest absolute Gasteiger partial charge is 0.316 e. The standard InChI is InChI=1S/C16H15F4N/c1-10-7-11(9-21-2)3-5-13(10)12-4-6-15(17)14(8-12)16(18,19)20/h3-8,21H,9H2,1-2H3. The summed E-state index contributed by atoms with van der Waals surface area (Å²) in [5, 5.41) is 3.01. The number of aryl methyl sites for hydroxylation is 1. The molecule has 0 saturated carbocycles. The van der Waals surface area contributed by atoms with Crippen molar-refractivity contribution < 1.29 is 17.6 Å². The van der Waals surface area contributed by atoms with E-state index in [1.807, 2.05) is 26.1 Å². The van der Waals surface area contributed by atoms with Crippen LogP contribution in [0.15, 0.2) is 36.4 Å². The van der Waals surface area contributed by atoms with Gasteiger partial charge in [0.1, 0.15) is 5.82 Å². The minimum atomic E-state index is -4.69. The van der Waals surface area contributed by atoms with Gasteiger partial charge >= 0.3 is 6.18 Å². The van der Waals surface area contributed by atoms with Crippen molar-refractivity contribution in [2.75, 3.05) is 7.05 Å². The quantitative estimate of drug-likeness (QED) is 0.820. The van der Waals surface area contributed by atoms with Crippen molar-refractivity contribution in [3.05, 3.63) is 58.9 Å². The lowest BCUT2D eigenvalue weighted by molar-refractivity contribution is -0.139. The molecular weight excluding hydrogens is 282 g/mol. The second kappa shape index (κ2) is 5.85. The SMILES string of the molecule is CNCc1ccc(-c2ccc(F)c(C(F)(F)F)c2)c(C)c1. The first-order chi connectivity index (χ1) is 9.82. The lowest BCUT2D eigenvalue weighted by Crippen LogP contribution is -2.08. The van der Waals surface area contributed by atoms with Crippen molar-refractivity contribution in [2.45, 2.75) is 19.6 Å². The molecule has 0 unspecified atom stereocenters. The van der Waals surface area contributed by atoms with E-state index < -0.39 is 17.6 Å². The predicted molar refractivity (Wildman–Crippen MR) is 74.3 cm³/mol. The number of hydrogen-bond acceptors (Lipinski definition) is 1. The number of halogens is 4. The normalized spacial score (nSPS) is 11.7. The van der Waals surface area contributed by atoms with Gasteiger partial charge in [0.05, 0.1) is 5.56 Å². The highest BCUT2D eigenvalue weighted by molar-refractivity contribution is 5.68. The van der Waals surface area contributed by atoms with Crippen LogP contribution < -0.4 is 5.32 Å². The third-order valence-corrected chi connectivity index (χ3v) is 3.25. The van der Waals surface area contributed by atoms with Crippen molar-refractivity contribution in [1.29, 1.82) is 0 Å². The first kappa shape index (κ1) is 15.5. The summed E-state index contributed by atoms with van der Waals surface area (Å²) in [4.78, 5) is 0. The first-order valence-corrected chi connectivity index (χ1v) is 6.44. The van der Waals surface area contributed by atoms with Crippen LogP contribution in [0.1, 0.15) is 16.7 Å². The minimum Gasteiger partial charge on any atom is -0.316 e. The third kappa shape index (κ3) is 3.42. The van der Waals surface area contributed by atoms with E-state index in [9.17, 15) is 17.6 Å². The van der Waals surface area contributed by atoms with E-state index in [2.05, 4.69) is 5.32 Å². The van der Waals surface area contributed by atoms with Gasteiger partial charge < -0.3 is 5.32 Å². The fraction of sp³-hybridized carbons (Fsp3) is 0.250. The van der Waals surface area contributed by atoms with E-state index in [0.717, 1.165) is 23.3 Å². The largest absolute Gasteiger partial charge is 0.419 e. The molecule has 2 aromatic carbocycles. The van der Waals surface area contributed by atoms with E-state index in [1.54, 1.807) is 6.07 Å². The molecule has 0 atom stereocenters. The van der Waals surface area contributed by atoms with Crippen molar-refractivity contribution >= 4 is 0 Å². The summed E-state index contributed by atoms with van der Waals surface area (Å²) in [6.07, 6.45) is -4.69. The van der Waals surface area contributed by atoms with Crippen LogP contribution in [0.25, 0.3) is 11.1 Å². The molecule has 112 valence electrons. The minimum absolute atomic E-state index is 0.359. The monoisotopic (exact) mass is 297 g/mol. The summed E-state index contributed by atoms with van der Waals surface area (Å²) < 4.78 is 51.6. The van der Waals surface area contributed by atoms with Gasteiger partial charge in [0.15, 0.2) is 0 Å². The first-order valence-electron chi connectivity index (χ1n) is 6.44. The molecule has 21 heavy (non-hydrogen) atoms. The topological polar surface area (TPSA) is 12.0 Å². The Morgan fingerprint density at radius 3 is 2.33 bits per heavy atom. The second-order valence-corrected chi connectivity index (χ2v) is 4.87. The molecule has 2 aromatic rings. The Morgan fingerprint density at radius 1 is 1.05 bits per heavy atom. The Hall–Kier alpha value is -1.88.